The minimum Gasteiger partial charge on any atom is -0.445 e. The summed E-state index contributed by atoms with van der Waals surface area (Å²) < 4.78 is 43.4. The molecular formula is C25H27F3N6O3. The summed E-state index contributed by atoms with van der Waals surface area (Å²) in [5, 5.41) is 14.1. The van der Waals surface area contributed by atoms with E-state index in [-0.39, 0.29) is 24.6 Å². The molecule has 2 N–H and O–H groups in total. The number of benzene rings is 2. The molecule has 37 heavy (non-hydrogen) atoms. The summed E-state index contributed by atoms with van der Waals surface area (Å²) in [7, 11) is 0. The van der Waals surface area contributed by atoms with Crippen molar-refractivity contribution < 1.29 is 27.5 Å². The molecule has 196 valence electrons. The number of amides is 2. The molecule has 1 aromatic heterocycles. The molecule has 2 fully saturated rings. The molecule has 1 atom stereocenters. The maximum absolute atomic E-state index is 12.9. The first-order valence-corrected chi connectivity index (χ1v) is 12.2. The van der Waals surface area contributed by atoms with Crippen LogP contribution in [0.4, 0.5) is 18.0 Å². The van der Waals surface area contributed by atoms with Gasteiger partial charge in [0.05, 0.1) is 11.1 Å². The molecule has 9 nitrogen and oxygen atoms in total. The van der Waals surface area contributed by atoms with E-state index < -0.39 is 17.8 Å². The number of carbonyl (C=O) groups is 2. The van der Waals surface area contributed by atoms with E-state index in [2.05, 4.69) is 20.7 Å². The van der Waals surface area contributed by atoms with Crippen molar-refractivity contribution in [2.45, 2.75) is 44.1 Å². The van der Waals surface area contributed by atoms with Crippen LogP contribution in [0.5, 0.6) is 0 Å². The Hall–Kier alpha value is -3.67. The monoisotopic (exact) mass is 516 g/mol. The molecule has 3 aromatic rings. The minimum absolute atomic E-state index is 0.0221. The second-order valence-corrected chi connectivity index (χ2v) is 9.46. The zero-order valence-corrected chi connectivity index (χ0v) is 20.0. The number of nitrogens with one attached hydrogen (secondary N) is 2. The van der Waals surface area contributed by atoms with Crippen LogP contribution >= 0.6 is 0 Å². The quantitative estimate of drug-likeness (QED) is 0.538. The fraction of sp³-hybridized carbons (Fsp3) is 0.440. The summed E-state index contributed by atoms with van der Waals surface area (Å²) in [6.07, 6.45) is -2.47. The highest BCUT2D eigenvalue weighted by Gasteiger charge is 2.32. The summed E-state index contributed by atoms with van der Waals surface area (Å²) >= 11 is 0. The van der Waals surface area contributed by atoms with E-state index in [1.165, 1.54) is 12.1 Å². The second kappa shape index (κ2) is 10.4. The van der Waals surface area contributed by atoms with Gasteiger partial charge in [-0.25, -0.2) is 4.79 Å². The Morgan fingerprint density at radius 3 is 2.43 bits per heavy atom. The van der Waals surface area contributed by atoms with Crippen molar-refractivity contribution in [3.8, 4) is 0 Å². The number of halogens is 3. The summed E-state index contributed by atoms with van der Waals surface area (Å²) in [5.41, 5.74) is 1.80. The zero-order chi connectivity index (χ0) is 26.0. The molecule has 2 aromatic carbocycles. The van der Waals surface area contributed by atoms with E-state index in [4.69, 9.17) is 4.74 Å². The van der Waals surface area contributed by atoms with E-state index in [0.717, 1.165) is 36.9 Å². The van der Waals surface area contributed by atoms with Crippen molar-refractivity contribution in [3.63, 3.8) is 0 Å². The fourth-order valence-corrected chi connectivity index (χ4v) is 4.83. The van der Waals surface area contributed by atoms with Crippen molar-refractivity contribution in [1.82, 2.24) is 30.5 Å². The first kappa shape index (κ1) is 25.0. The number of piperidine rings is 1. The Labute approximate surface area is 210 Å². The van der Waals surface area contributed by atoms with Crippen molar-refractivity contribution in [2.75, 3.05) is 26.2 Å². The van der Waals surface area contributed by atoms with Crippen molar-refractivity contribution in [1.29, 1.82) is 0 Å². The van der Waals surface area contributed by atoms with Crippen LogP contribution in [-0.4, -0.2) is 75.5 Å². The fourth-order valence-electron chi connectivity index (χ4n) is 4.83. The number of H-pyrrole nitrogens is 1. The molecule has 0 spiro atoms. The molecule has 2 aliphatic heterocycles. The van der Waals surface area contributed by atoms with Gasteiger partial charge >= 0.3 is 12.3 Å². The summed E-state index contributed by atoms with van der Waals surface area (Å²) in [4.78, 5) is 28.8. The average Bonchev–Trinajstić information content (AvgIpc) is 3.56. The smallest absolute Gasteiger partial charge is 0.416 e. The number of rotatable bonds is 5. The Morgan fingerprint density at radius 1 is 1.00 bits per heavy atom. The number of hydrogen-bond donors (Lipinski definition) is 2. The zero-order valence-electron chi connectivity index (χ0n) is 20.0. The van der Waals surface area contributed by atoms with E-state index in [9.17, 15) is 22.8 Å². The molecule has 3 heterocycles. The number of likely N-dealkylation sites (tertiary alicyclic amines) is 2. The number of aromatic nitrogens is 3. The highest BCUT2D eigenvalue weighted by atomic mass is 19.4. The molecule has 0 radical (unpaired) electrons. The van der Waals surface area contributed by atoms with E-state index in [1.54, 1.807) is 23.1 Å². The first-order chi connectivity index (χ1) is 17.8. The molecule has 2 aliphatic rings. The van der Waals surface area contributed by atoms with Gasteiger partial charge in [0.1, 0.15) is 12.1 Å². The van der Waals surface area contributed by atoms with Crippen LogP contribution in [0.2, 0.25) is 0 Å². The van der Waals surface area contributed by atoms with Crippen LogP contribution in [0.25, 0.3) is 11.0 Å². The maximum Gasteiger partial charge on any atom is 0.416 e. The third-order valence-corrected chi connectivity index (χ3v) is 6.92. The highest BCUT2D eigenvalue weighted by Crippen LogP contribution is 2.29. The van der Waals surface area contributed by atoms with E-state index >= 15 is 0 Å². The number of fused-ring (bicyclic) bond motifs is 1. The molecule has 1 unspecified atom stereocenters. The number of alkyl halides is 3. The molecule has 0 saturated carbocycles. The standard InChI is InChI=1S/C25H27F3N6O3/c26-25(27,28)18-4-1-16(2-5-18)15-37-24(36)34-12-9-20(14-34)29-19-7-10-33(11-8-19)23(35)17-3-6-21-22(13-17)31-32-30-21/h1-6,13,19-20,29H,7-12,14-15H2,(H,30,31,32). The van der Waals surface area contributed by atoms with Crippen LogP contribution in [0.15, 0.2) is 42.5 Å². The molecule has 5 rings (SSSR count). The number of ether oxygens (including phenoxy) is 1. The first-order valence-electron chi connectivity index (χ1n) is 12.2. The summed E-state index contributed by atoms with van der Waals surface area (Å²) in [6, 6.07) is 10.3. The lowest BCUT2D eigenvalue weighted by Crippen LogP contribution is -2.48. The van der Waals surface area contributed by atoms with Crippen LogP contribution in [-0.2, 0) is 17.5 Å². The minimum atomic E-state index is -4.40. The number of nitrogens with zero attached hydrogens (tertiary/aromatic N) is 4. The topological polar surface area (TPSA) is 103 Å². The lowest BCUT2D eigenvalue weighted by atomic mass is 10.0. The van der Waals surface area contributed by atoms with Gasteiger partial charge in [-0.1, -0.05) is 17.3 Å². The van der Waals surface area contributed by atoms with Crippen LogP contribution < -0.4 is 5.32 Å². The van der Waals surface area contributed by atoms with E-state index in [1.807, 2.05) is 4.90 Å². The van der Waals surface area contributed by atoms with Gasteiger partial charge in [0.2, 0.25) is 0 Å². The average molecular weight is 517 g/mol. The Balaban J connectivity index is 1.04. The molecule has 0 bridgehead atoms. The van der Waals surface area contributed by atoms with Crippen molar-refractivity contribution >= 4 is 23.0 Å². The third-order valence-electron chi connectivity index (χ3n) is 6.92. The van der Waals surface area contributed by atoms with Gasteiger partial charge in [0.25, 0.3) is 5.91 Å². The maximum atomic E-state index is 12.9. The predicted molar refractivity (Wildman–Crippen MR) is 128 cm³/mol. The summed E-state index contributed by atoms with van der Waals surface area (Å²) in [5.74, 6) is -0.0221. The normalized spacial score (nSPS) is 18.9. The van der Waals surface area contributed by atoms with Crippen LogP contribution in [0, 0.1) is 0 Å². The lowest BCUT2D eigenvalue weighted by Gasteiger charge is -2.34. The number of hydrogen-bond acceptors (Lipinski definition) is 6. The van der Waals surface area contributed by atoms with Gasteiger partial charge in [-0.15, -0.1) is 5.10 Å². The van der Waals surface area contributed by atoms with Gasteiger partial charge in [0, 0.05) is 43.8 Å². The molecular weight excluding hydrogens is 489 g/mol. The Kier molecular flexibility index (Phi) is 7.00. The van der Waals surface area contributed by atoms with Crippen LogP contribution in [0.3, 0.4) is 0 Å². The SMILES string of the molecule is O=C(OCc1ccc(C(F)(F)F)cc1)N1CCC(NC2CCN(C(=O)c3ccc4[nH]nnc4c3)CC2)C1. The van der Waals surface area contributed by atoms with Crippen LogP contribution in [0.1, 0.15) is 40.7 Å². The molecule has 2 saturated heterocycles. The third kappa shape index (κ3) is 5.85. The largest absolute Gasteiger partial charge is 0.445 e. The van der Waals surface area contributed by atoms with Gasteiger partial charge in [-0.05, 0) is 55.2 Å². The predicted octanol–water partition coefficient (Wildman–Crippen LogP) is 3.58. The molecule has 12 heteroatoms. The van der Waals surface area contributed by atoms with Crippen molar-refractivity contribution in [3.05, 3.63) is 59.2 Å². The number of carbonyl (C=O) groups excluding carboxylic acids is 2. The molecule has 2 amide bonds. The van der Waals surface area contributed by atoms with Gasteiger partial charge in [-0.3, -0.25) is 9.89 Å². The second-order valence-electron chi connectivity index (χ2n) is 9.46. The molecule has 0 aliphatic carbocycles. The van der Waals surface area contributed by atoms with Gasteiger partial charge in [-0.2, -0.15) is 13.2 Å². The van der Waals surface area contributed by atoms with Crippen molar-refractivity contribution in [2.24, 2.45) is 0 Å². The van der Waals surface area contributed by atoms with E-state index in [0.29, 0.717) is 42.8 Å². The Bertz CT molecular complexity index is 1250. The Morgan fingerprint density at radius 2 is 1.70 bits per heavy atom. The lowest BCUT2D eigenvalue weighted by molar-refractivity contribution is -0.137. The summed E-state index contributed by atoms with van der Waals surface area (Å²) in [6.45, 7) is 2.24. The number of aromatic amines is 1. The van der Waals surface area contributed by atoms with Gasteiger partial charge < -0.3 is 19.9 Å². The van der Waals surface area contributed by atoms with Gasteiger partial charge in [0.15, 0.2) is 0 Å². The highest BCUT2D eigenvalue weighted by molar-refractivity contribution is 5.97.